The second-order valence-electron chi connectivity index (χ2n) is 4.19. The summed E-state index contributed by atoms with van der Waals surface area (Å²) in [5, 5.41) is 9.08. The van der Waals surface area contributed by atoms with Crippen molar-refractivity contribution in [3.8, 4) is 0 Å². The summed E-state index contributed by atoms with van der Waals surface area (Å²) < 4.78 is 9.39. The maximum absolute atomic E-state index is 11.3. The molecule has 0 spiro atoms. The van der Waals surface area contributed by atoms with Crippen molar-refractivity contribution in [2.75, 3.05) is 13.7 Å². The van der Waals surface area contributed by atoms with E-state index in [-0.39, 0.29) is 11.7 Å². The molecule has 0 saturated carbocycles. The molecule has 7 heteroatoms. The molecule has 0 aromatic carbocycles. The van der Waals surface area contributed by atoms with Gasteiger partial charge in [-0.1, -0.05) is 0 Å². The van der Waals surface area contributed by atoms with Gasteiger partial charge in [0.2, 0.25) is 0 Å². The summed E-state index contributed by atoms with van der Waals surface area (Å²) >= 11 is 0. The number of nitrogens with zero attached hydrogens (tertiary/aromatic N) is 1. The topological polar surface area (TPSA) is 102 Å². The minimum Gasteiger partial charge on any atom is -0.442 e. The van der Waals surface area contributed by atoms with Gasteiger partial charge in [-0.05, 0) is 20.8 Å². The molecule has 0 saturated heterocycles. The van der Waals surface area contributed by atoms with Crippen LogP contribution in [0, 0.1) is 0 Å². The first-order valence-corrected chi connectivity index (χ1v) is 4.69. The van der Waals surface area contributed by atoms with Crippen molar-refractivity contribution < 1.29 is 24.3 Å². The van der Waals surface area contributed by atoms with E-state index in [1.54, 1.807) is 20.8 Å². The molecule has 0 aromatic rings. The van der Waals surface area contributed by atoms with Crippen molar-refractivity contribution in [1.82, 2.24) is 5.06 Å². The molecule has 0 heterocycles. The molecule has 94 valence electrons. The highest BCUT2D eigenvalue weighted by Gasteiger charge is 2.29. The Hall–Kier alpha value is -1.18. The van der Waals surface area contributed by atoms with Gasteiger partial charge in [0.05, 0.1) is 6.61 Å². The maximum Gasteiger partial charge on any atom is 0.441 e. The van der Waals surface area contributed by atoms with Crippen molar-refractivity contribution in [1.29, 1.82) is 0 Å². The second-order valence-corrected chi connectivity index (χ2v) is 4.19. The number of amides is 2. The van der Waals surface area contributed by atoms with Crippen molar-refractivity contribution in [3.05, 3.63) is 0 Å². The first-order valence-electron chi connectivity index (χ1n) is 4.69. The lowest BCUT2D eigenvalue weighted by atomic mass is 10.2. The van der Waals surface area contributed by atoms with Crippen LogP contribution in [0.3, 0.4) is 0 Å². The number of imide groups is 1. The van der Waals surface area contributed by atoms with Crippen LogP contribution in [0.25, 0.3) is 0 Å². The quantitative estimate of drug-likeness (QED) is 0.531. The lowest BCUT2D eigenvalue weighted by Crippen LogP contribution is -2.48. The summed E-state index contributed by atoms with van der Waals surface area (Å²) in [5.41, 5.74) is 4.54. The molecule has 7 nitrogen and oxygen atoms in total. The normalized spacial score (nSPS) is 13.1. The molecule has 0 radical (unpaired) electrons. The Morgan fingerprint density at radius 3 is 2.31 bits per heavy atom. The molecule has 0 aliphatic rings. The smallest absolute Gasteiger partial charge is 0.441 e. The highest BCUT2D eigenvalue weighted by molar-refractivity contribution is 5.93. The third-order valence-electron chi connectivity index (χ3n) is 1.44. The Bertz CT molecular complexity index is 261. The average molecular weight is 234 g/mol. The maximum atomic E-state index is 11.3. The Morgan fingerprint density at radius 2 is 1.94 bits per heavy atom. The Kier molecular flexibility index (Phi) is 5.36. The zero-order valence-corrected chi connectivity index (χ0v) is 9.89. The highest BCUT2D eigenvalue weighted by atomic mass is 16.6. The molecule has 3 N–H and O–H groups in total. The van der Waals surface area contributed by atoms with E-state index in [4.69, 9.17) is 10.5 Å². The van der Waals surface area contributed by atoms with E-state index in [0.29, 0.717) is 0 Å². The SMILES string of the molecule is COC[C@@H](N)C(=O)N(O)C(=O)OC(C)(C)C. The summed E-state index contributed by atoms with van der Waals surface area (Å²) in [5.74, 6) is -0.976. The molecular formula is C9H18N2O5. The predicted molar refractivity (Wildman–Crippen MR) is 54.7 cm³/mol. The monoisotopic (exact) mass is 234 g/mol. The van der Waals surface area contributed by atoms with Crippen LogP contribution >= 0.6 is 0 Å². The molecule has 0 fully saturated rings. The summed E-state index contributed by atoms with van der Waals surface area (Å²) in [6.45, 7) is 4.73. The van der Waals surface area contributed by atoms with Crippen molar-refractivity contribution in [3.63, 3.8) is 0 Å². The van der Waals surface area contributed by atoms with Crippen LogP contribution in [0.15, 0.2) is 0 Å². The molecule has 1 atom stereocenters. The standard InChI is InChI=1S/C9H18N2O5/c1-9(2,3)16-8(13)11(14)7(12)6(10)5-15-4/h6,14H,5,10H2,1-4H3/t6-/m1/s1. The van der Waals surface area contributed by atoms with Gasteiger partial charge in [-0.25, -0.2) is 4.79 Å². The zero-order valence-electron chi connectivity index (χ0n) is 9.89. The number of carbonyl (C=O) groups is 2. The highest BCUT2D eigenvalue weighted by Crippen LogP contribution is 2.09. The fourth-order valence-corrected chi connectivity index (χ4v) is 0.803. The minimum absolute atomic E-state index is 0.0985. The van der Waals surface area contributed by atoms with E-state index in [1.807, 2.05) is 0 Å². The summed E-state index contributed by atoms with van der Waals surface area (Å²) in [4.78, 5) is 22.6. The number of methoxy groups -OCH3 is 1. The fraction of sp³-hybridized carbons (Fsp3) is 0.778. The summed E-state index contributed by atoms with van der Waals surface area (Å²) in [6.07, 6.45) is -1.16. The van der Waals surface area contributed by atoms with Crippen LogP contribution in [-0.4, -0.2) is 47.6 Å². The van der Waals surface area contributed by atoms with Gasteiger partial charge in [0.25, 0.3) is 5.91 Å². The summed E-state index contributed by atoms with van der Waals surface area (Å²) in [7, 11) is 1.35. The van der Waals surface area contributed by atoms with E-state index < -0.39 is 23.6 Å². The lowest BCUT2D eigenvalue weighted by Gasteiger charge is -2.23. The van der Waals surface area contributed by atoms with Crippen molar-refractivity contribution in [2.24, 2.45) is 5.73 Å². The number of hydrogen-bond donors (Lipinski definition) is 2. The van der Waals surface area contributed by atoms with Gasteiger partial charge in [0, 0.05) is 7.11 Å². The first kappa shape index (κ1) is 14.8. The molecule has 0 rings (SSSR count). The van der Waals surface area contributed by atoms with E-state index in [0.717, 1.165) is 0 Å². The van der Waals surface area contributed by atoms with Gasteiger partial charge >= 0.3 is 6.09 Å². The zero-order chi connectivity index (χ0) is 12.9. The van der Waals surface area contributed by atoms with E-state index >= 15 is 0 Å². The third kappa shape index (κ3) is 5.06. The molecular weight excluding hydrogens is 216 g/mol. The van der Waals surface area contributed by atoms with Crippen molar-refractivity contribution >= 4 is 12.0 Å². The average Bonchev–Trinajstić information content (AvgIpc) is 2.13. The number of hydroxylamine groups is 2. The summed E-state index contributed by atoms with van der Waals surface area (Å²) in [6, 6.07) is -1.11. The molecule has 0 aromatic heterocycles. The molecule has 0 aliphatic heterocycles. The van der Waals surface area contributed by atoms with Crippen molar-refractivity contribution in [2.45, 2.75) is 32.4 Å². The van der Waals surface area contributed by atoms with E-state index in [2.05, 4.69) is 4.74 Å². The molecule has 0 aliphatic carbocycles. The van der Waals surface area contributed by atoms with Gasteiger partial charge in [-0.15, -0.1) is 5.06 Å². The molecule has 16 heavy (non-hydrogen) atoms. The number of nitrogens with two attached hydrogens (primary N) is 1. The largest absolute Gasteiger partial charge is 0.442 e. The van der Waals surface area contributed by atoms with Crippen LogP contribution in [0.2, 0.25) is 0 Å². The number of hydrogen-bond acceptors (Lipinski definition) is 6. The van der Waals surface area contributed by atoms with Crippen LogP contribution in [0.5, 0.6) is 0 Å². The van der Waals surface area contributed by atoms with Crippen LogP contribution in [0.4, 0.5) is 4.79 Å². The molecule has 0 unspecified atom stereocenters. The van der Waals surface area contributed by atoms with Gasteiger partial charge in [0.1, 0.15) is 11.6 Å². The number of carbonyl (C=O) groups excluding carboxylic acids is 2. The number of rotatable bonds is 3. The van der Waals surface area contributed by atoms with E-state index in [1.165, 1.54) is 7.11 Å². The van der Waals surface area contributed by atoms with E-state index in [9.17, 15) is 14.8 Å². The second kappa shape index (κ2) is 5.78. The minimum atomic E-state index is -1.16. The lowest BCUT2D eigenvalue weighted by molar-refractivity contribution is -0.162. The van der Waals surface area contributed by atoms with Gasteiger partial charge in [0.15, 0.2) is 0 Å². The third-order valence-corrected chi connectivity index (χ3v) is 1.44. The molecule has 2 amide bonds. The van der Waals surface area contributed by atoms with Crippen LogP contribution < -0.4 is 5.73 Å². The Balaban J connectivity index is 4.38. The fourth-order valence-electron chi connectivity index (χ4n) is 0.803. The predicted octanol–water partition coefficient (Wildman–Crippen LogP) is 0.113. The molecule has 0 bridgehead atoms. The first-order chi connectivity index (χ1) is 7.19. The Labute approximate surface area is 94.1 Å². The van der Waals surface area contributed by atoms with Gasteiger partial charge in [-0.2, -0.15) is 0 Å². The van der Waals surface area contributed by atoms with Crippen LogP contribution in [-0.2, 0) is 14.3 Å². The van der Waals surface area contributed by atoms with Crippen LogP contribution in [0.1, 0.15) is 20.8 Å². The van der Waals surface area contributed by atoms with Gasteiger partial charge < -0.3 is 15.2 Å². The Morgan fingerprint density at radius 1 is 1.44 bits per heavy atom. The number of ether oxygens (including phenoxy) is 2. The van der Waals surface area contributed by atoms with Gasteiger partial charge in [-0.3, -0.25) is 10.0 Å².